The number of carbonyl (C=O) groups is 1. The molecule has 0 radical (unpaired) electrons. The highest BCUT2D eigenvalue weighted by atomic mass is 16.5. The Morgan fingerprint density at radius 1 is 0.862 bits per heavy atom. The molecule has 6 heteroatoms. The van der Waals surface area contributed by atoms with E-state index in [9.17, 15) is 4.79 Å². The van der Waals surface area contributed by atoms with Gasteiger partial charge in [0, 0.05) is 12.4 Å². The van der Waals surface area contributed by atoms with Crippen LogP contribution in [0, 0.1) is 0 Å². The molecule has 0 N–H and O–H groups in total. The van der Waals surface area contributed by atoms with Crippen molar-refractivity contribution in [3.63, 3.8) is 0 Å². The number of pyridine rings is 1. The number of nitrogens with zero attached hydrogens (tertiary/aromatic N) is 2. The number of para-hydroxylation sites is 2. The normalized spacial score (nSPS) is 10.6. The molecule has 0 aliphatic carbocycles. The Kier molecular flexibility index (Phi) is 5.71. The number of hydrogen-bond donors (Lipinski definition) is 0. The van der Waals surface area contributed by atoms with Crippen LogP contribution in [0.15, 0.2) is 85.2 Å². The van der Waals surface area contributed by atoms with Crippen molar-refractivity contribution in [2.24, 2.45) is 0 Å². The summed E-state index contributed by atoms with van der Waals surface area (Å²) in [6.45, 7) is 0.770. The van der Waals surface area contributed by atoms with Crippen molar-refractivity contribution in [1.82, 2.24) is 9.38 Å². The molecule has 2 aromatic carbocycles. The first-order valence-electron chi connectivity index (χ1n) is 9.29. The number of esters is 1. The van der Waals surface area contributed by atoms with Gasteiger partial charge in [-0.3, -0.25) is 0 Å². The molecular formula is C23H20N2O4. The maximum Gasteiger partial charge on any atom is 0.342 e. The van der Waals surface area contributed by atoms with Crippen molar-refractivity contribution in [2.45, 2.75) is 6.61 Å². The SMILES string of the molecule is O=C(OCc1cn2ccccc2n1)c1ccccc1OCCOc1ccccc1. The third-order valence-corrected chi connectivity index (χ3v) is 4.22. The third-order valence-electron chi connectivity index (χ3n) is 4.22. The van der Waals surface area contributed by atoms with Gasteiger partial charge < -0.3 is 18.6 Å². The number of benzene rings is 2. The van der Waals surface area contributed by atoms with E-state index in [0.29, 0.717) is 30.2 Å². The van der Waals surface area contributed by atoms with E-state index in [-0.39, 0.29) is 6.61 Å². The number of hydrogen-bond acceptors (Lipinski definition) is 5. The topological polar surface area (TPSA) is 62.1 Å². The molecule has 0 atom stereocenters. The Labute approximate surface area is 168 Å². The number of carbonyl (C=O) groups excluding carboxylic acids is 1. The highest BCUT2D eigenvalue weighted by molar-refractivity contribution is 5.92. The second-order valence-corrected chi connectivity index (χ2v) is 6.28. The average molecular weight is 388 g/mol. The minimum Gasteiger partial charge on any atom is -0.490 e. The predicted molar refractivity (Wildman–Crippen MR) is 108 cm³/mol. The van der Waals surface area contributed by atoms with Crippen LogP contribution in [0.25, 0.3) is 5.65 Å². The van der Waals surface area contributed by atoms with Crippen LogP contribution in [0.2, 0.25) is 0 Å². The smallest absolute Gasteiger partial charge is 0.342 e. The Morgan fingerprint density at radius 3 is 2.48 bits per heavy atom. The van der Waals surface area contributed by atoms with Gasteiger partial charge in [0.1, 0.15) is 42.5 Å². The molecule has 0 spiro atoms. The quantitative estimate of drug-likeness (QED) is 0.335. The molecule has 0 saturated carbocycles. The lowest BCUT2D eigenvalue weighted by Crippen LogP contribution is -2.12. The van der Waals surface area contributed by atoms with E-state index in [0.717, 1.165) is 11.4 Å². The number of aromatic nitrogens is 2. The van der Waals surface area contributed by atoms with Crippen molar-refractivity contribution in [3.05, 3.63) is 96.4 Å². The fourth-order valence-electron chi connectivity index (χ4n) is 2.86. The van der Waals surface area contributed by atoms with Gasteiger partial charge in [-0.1, -0.05) is 36.4 Å². The Hall–Kier alpha value is -3.80. The van der Waals surface area contributed by atoms with E-state index in [1.807, 2.05) is 71.4 Å². The first-order chi connectivity index (χ1) is 14.3. The van der Waals surface area contributed by atoms with Crippen molar-refractivity contribution in [3.8, 4) is 11.5 Å². The summed E-state index contributed by atoms with van der Waals surface area (Å²) in [5.74, 6) is 0.780. The second-order valence-electron chi connectivity index (χ2n) is 6.28. The molecule has 0 aliphatic heterocycles. The fourth-order valence-corrected chi connectivity index (χ4v) is 2.86. The molecule has 2 heterocycles. The summed E-state index contributed by atoms with van der Waals surface area (Å²) in [7, 11) is 0. The maximum absolute atomic E-state index is 12.5. The summed E-state index contributed by atoms with van der Waals surface area (Å²) in [6.07, 6.45) is 3.74. The van der Waals surface area contributed by atoms with Gasteiger partial charge >= 0.3 is 5.97 Å². The van der Waals surface area contributed by atoms with Crippen molar-refractivity contribution < 1.29 is 19.0 Å². The van der Waals surface area contributed by atoms with E-state index >= 15 is 0 Å². The summed E-state index contributed by atoms with van der Waals surface area (Å²) in [5, 5.41) is 0. The second kappa shape index (κ2) is 8.93. The maximum atomic E-state index is 12.5. The zero-order chi connectivity index (χ0) is 19.9. The minimum absolute atomic E-state index is 0.0893. The lowest BCUT2D eigenvalue weighted by molar-refractivity contribution is 0.0463. The molecule has 146 valence electrons. The minimum atomic E-state index is -0.457. The van der Waals surface area contributed by atoms with E-state index in [4.69, 9.17) is 14.2 Å². The van der Waals surface area contributed by atoms with E-state index in [2.05, 4.69) is 4.98 Å². The number of fused-ring (bicyclic) bond motifs is 1. The van der Waals surface area contributed by atoms with E-state index in [1.165, 1.54) is 0 Å². The molecule has 0 aliphatic rings. The summed E-state index contributed by atoms with van der Waals surface area (Å²) in [5.41, 5.74) is 1.86. The van der Waals surface area contributed by atoms with Crippen LogP contribution < -0.4 is 9.47 Å². The van der Waals surface area contributed by atoms with Crippen molar-refractivity contribution in [1.29, 1.82) is 0 Å². The Morgan fingerprint density at radius 2 is 1.62 bits per heavy atom. The van der Waals surface area contributed by atoms with Gasteiger partial charge in [0.15, 0.2) is 0 Å². The van der Waals surface area contributed by atoms with Crippen molar-refractivity contribution in [2.75, 3.05) is 13.2 Å². The fraction of sp³-hybridized carbons (Fsp3) is 0.130. The first-order valence-corrected chi connectivity index (χ1v) is 9.29. The van der Waals surface area contributed by atoms with Gasteiger partial charge in [0.05, 0.1) is 5.69 Å². The molecule has 0 saturated heterocycles. The standard InChI is InChI=1S/C23H20N2O4/c26-23(29-17-18-16-25-13-7-6-12-22(25)24-18)20-10-4-5-11-21(20)28-15-14-27-19-8-2-1-3-9-19/h1-13,16H,14-15,17H2. The van der Waals surface area contributed by atoms with E-state index in [1.54, 1.807) is 18.2 Å². The van der Waals surface area contributed by atoms with E-state index < -0.39 is 5.97 Å². The van der Waals surface area contributed by atoms with Crippen LogP contribution >= 0.6 is 0 Å². The van der Waals surface area contributed by atoms with Crippen LogP contribution in [0.1, 0.15) is 16.1 Å². The van der Waals surface area contributed by atoms with Gasteiger partial charge in [-0.15, -0.1) is 0 Å². The lowest BCUT2D eigenvalue weighted by Gasteiger charge is -2.11. The third kappa shape index (κ3) is 4.73. The van der Waals surface area contributed by atoms with Gasteiger partial charge in [0.2, 0.25) is 0 Å². The molecular weight excluding hydrogens is 368 g/mol. The zero-order valence-corrected chi connectivity index (χ0v) is 15.7. The van der Waals surface area contributed by atoms with Gasteiger partial charge in [0.25, 0.3) is 0 Å². The molecule has 4 aromatic rings. The first kappa shape index (κ1) is 18.6. The largest absolute Gasteiger partial charge is 0.490 e. The number of ether oxygens (including phenoxy) is 3. The molecule has 0 bridgehead atoms. The Balaban J connectivity index is 1.33. The summed E-state index contributed by atoms with van der Waals surface area (Å²) in [4.78, 5) is 17.0. The molecule has 0 fully saturated rings. The molecule has 4 rings (SSSR count). The number of imidazole rings is 1. The van der Waals surface area contributed by atoms with Crippen LogP contribution in [-0.2, 0) is 11.3 Å². The van der Waals surface area contributed by atoms with Crippen LogP contribution in [0.4, 0.5) is 0 Å². The monoisotopic (exact) mass is 388 g/mol. The molecule has 29 heavy (non-hydrogen) atoms. The van der Waals surface area contributed by atoms with Crippen LogP contribution in [-0.4, -0.2) is 28.6 Å². The molecule has 0 unspecified atom stereocenters. The van der Waals surface area contributed by atoms with Gasteiger partial charge in [-0.05, 0) is 36.4 Å². The van der Waals surface area contributed by atoms with Crippen LogP contribution in [0.3, 0.4) is 0 Å². The average Bonchev–Trinajstić information content (AvgIpc) is 3.19. The van der Waals surface area contributed by atoms with Crippen molar-refractivity contribution >= 4 is 11.6 Å². The summed E-state index contributed by atoms with van der Waals surface area (Å²) < 4.78 is 18.7. The highest BCUT2D eigenvalue weighted by Crippen LogP contribution is 2.20. The predicted octanol–water partition coefficient (Wildman–Crippen LogP) is 4.15. The van der Waals surface area contributed by atoms with Crippen LogP contribution in [0.5, 0.6) is 11.5 Å². The summed E-state index contributed by atoms with van der Waals surface area (Å²) >= 11 is 0. The molecule has 0 amide bonds. The molecule has 2 aromatic heterocycles. The molecule has 6 nitrogen and oxygen atoms in total. The lowest BCUT2D eigenvalue weighted by atomic mass is 10.2. The Bertz CT molecular complexity index is 1060. The summed E-state index contributed by atoms with van der Waals surface area (Å²) in [6, 6.07) is 22.2. The van der Waals surface area contributed by atoms with Gasteiger partial charge in [-0.2, -0.15) is 0 Å². The zero-order valence-electron chi connectivity index (χ0n) is 15.7. The van der Waals surface area contributed by atoms with Gasteiger partial charge in [-0.25, -0.2) is 9.78 Å². The highest BCUT2D eigenvalue weighted by Gasteiger charge is 2.14. The number of rotatable bonds is 8.